The van der Waals surface area contributed by atoms with E-state index in [2.05, 4.69) is 40.6 Å². The Kier molecular flexibility index (Phi) is 5.43. The minimum absolute atomic E-state index is 0.0271. The van der Waals surface area contributed by atoms with Crippen molar-refractivity contribution in [2.45, 2.75) is 33.4 Å². The summed E-state index contributed by atoms with van der Waals surface area (Å²) in [4.78, 5) is 11.7. The van der Waals surface area contributed by atoms with Crippen molar-refractivity contribution in [1.29, 1.82) is 0 Å². The fraction of sp³-hybridized carbons (Fsp3) is 0.353. The van der Waals surface area contributed by atoms with Gasteiger partial charge in [0.1, 0.15) is 0 Å². The Bertz CT molecular complexity index is 572. The van der Waals surface area contributed by atoms with Crippen LogP contribution in [-0.4, -0.2) is 17.0 Å². The third-order valence-electron chi connectivity index (χ3n) is 3.27. The molecule has 0 saturated carbocycles. The maximum absolute atomic E-state index is 11.7. The average molecular weight is 285 g/mol. The van der Waals surface area contributed by atoms with E-state index in [-0.39, 0.29) is 5.91 Å². The maximum Gasteiger partial charge on any atom is 0.251 e. The van der Waals surface area contributed by atoms with Gasteiger partial charge in [0.25, 0.3) is 5.91 Å². The van der Waals surface area contributed by atoms with E-state index in [0.717, 1.165) is 25.2 Å². The molecule has 112 valence electrons. The lowest BCUT2D eigenvalue weighted by molar-refractivity contribution is 0.0956. The lowest BCUT2D eigenvalue weighted by Crippen LogP contribution is -2.22. The first kappa shape index (κ1) is 15.2. The summed E-state index contributed by atoms with van der Waals surface area (Å²) in [7, 11) is 0. The van der Waals surface area contributed by atoms with Gasteiger partial charge in [-0.25, -0.2) is 0 Å². The third kappa shape index (κ3) is 4.38. The van der Waals surface area contributed by atoms with Crippen LogP contribution in [0.4, 0.5) is 5.69 Å². The number of carbonyl (C=O) groups excluding carboxylic acids is 1. The van der Waals surface area contributed by atoms with E-state index in [1.54, 1.807) is 0 Å². The second-order valence-corrected chi connectivity index (χ2v) is 5.05. The van der Waals surface area contributed by atoms with Crippen molar-refractivity contribution < 1.29 is 4.79 Å². The van der Waals surface area contributed by atoms with Crippen LogP contribution in [0.5, 0.6) is 0 Å². The predicted octanol–water partition coefficient (Wildman–Crippen LogP) is 3.26. The summed E-state index contributed by atoms with van der Waals surface area (Å²) in [5, 5.41) is 6.16. The van der Waals surface area contributed by atoms with E-state index in [0.29, 0.717) is 12.1 Å². The summed E-state index contributed by atoms with van der Waals surface area (Å²) >= 11 is 0. The van der Waals surface area contributed by atoms with Crippen molar-refractivity contribution in [3.8, 4) is 0 Å². The number of aromatic nitrogens is 1. The SMILES string of the molecule is CCCn1ccc(CNc2ccc(C(=O)NCC)cc2)c1. The number of hydrogen-bond donors (Lipinski definition) is 2. The van der Waals surface area contributed by atoms with Crippen LogP contribution in [0.1, 0.15) is 36.2 Å². The number of carbonyl (C=O) groups is 1. The number of rotatable bonds is 7. The first-order valence-corrected chi connectivity index (χ1v) is 7.49. The Morgan fingerprint density at radius 3 is 2.57 bits per heavy atom. The fourth-order valence-corrected chi connectivity index (χ4v) is 2.20. The van der Waals surface area contributed by atoms with Gasteiger partial charge in [0.2, 0.25) is 0 Å². The molecule has 0 bridgehead atoms. The molecule has 2 aromatic rings. The molecule has 2 rings (SSSR count). The quantitative estimate of drug-likeness (QED) is 0.820. The number of nitrogens with one attached hydrogen (secondary N) is 2. The van der Waals surface area contributed by atoms with E-state index in [4.69, 9.17) is 0 Å². The van der Waals surface area contributed by atoms with Crippen LogP contribution in [-0.2, 0) is 13.1 Å². The summed E-state index contributed by atoms with van der Waals surface area (Å²) in [6.45, 7) is 6.58. The molecular formula is C17H23N3O. The van der Waals surface area contributed by atoms with Gasteiger partial charge in [-0.2, -0.15) is 0 Å². The minimum Gasteiger partial charge on any atom is -0.381 e. The molecule has 1 aromatic carbocycles. The van der Waals surface area contributed by atoms with Crippen LogP contribution in [0.2, 0.25) is 0 Å². The largest absolute Gasteiger partial charge is 0.381 e. The lowest BCUT2D eigenvalue weighted by Gasteiger charge is -2.07. The Morgan fingerprint density at radius 2 is 1.90 bits per heavy atom. The number of benzene rings is 1. The van der Waals surface area contributed by atoms with Crippen LogP contribution >= 0.6 is 0 Å². The van der Waals surface area contributed by atoms with Gasteiger partial charge in [-0.05, 0) is 49.2 Å². The molecule has 4 nitrogen and oxygen atoms in total. The van der Waals surface area contributed by atoms with Gasteiger partial charge in [0.15, 0.2) is 0 Å². The normalized spacial score (nSPS) is 10.4. The smallest absolute Gasteiger partial charge is 0.251 e. The number of aryl methyl sites for hydroxylation is 1. The molecule has 0 radical (unpaired) electrons. The van der Waals surface area contributed by atoms with E-state index in [1.807, 2.05) is 31.2 Å². The molecule has 0 aliphatic carbocycles. The number of nitrogens with zero attached hydrogens (tertiary/aromatic N) is 1. The van der Waals surface area contributed by atoms with Crippen LogP contribution in [0, 0.1) is 0 Å². The van der Waals surface area contributed by atoms with Crippen molar-refractivity contribution in [1.82, 2.24) is 9.88 Å². The van der Waals surface area contributed by atoms with E-state index < -0.39 is 0 Å². The van der Waals surface area contributed by atoms with Gasteiger partial charge in [-0.15, -0.1) is 0 Å². The molecule has 1 heterocycles. The first-order chi connectivity index (χ1) is 10.2. The molecule has 1 aromatic heterocycles. The zero-order valence-corrected chi connectivity index (χ0v) is 12.7. The second-order valence-electron chi connectivity index (χ2n) is 5.05. The topological polar surface area (TPSA) is 46.1 Å². The van der Waals surface area contributed by atoms with Crippen molar-refractivity contribution in [2.24, 2.45) is 0 Å². The van der Waals surface area contributed by atoms with Gasteiger partial charge in [-0.3, -0.25) is 4.79 Å². The van der Waals surface area contributed by atoms with Crippen molar-refractivity contribution >= 4 is 11.6 Å². The summed E-state index contributed by atoms with van der Waals surface area (Å²) in [6, 6.07) is 9.69. The second kappa shape index (κ2) is 7.53. The van der Waals surface area contributed by atoms with Crippen LogP contribution in [0.3, 0.4) is 0 Å². The molecule has 1 amide bonds. The monoisotopic (exact) mass is 285 g/mol. The Labute approximate surface area is 126 Å². The molecular weight excluding hydrogens is 262 g/mol. The van der Waals surface area contributed by atoms with E-state index in [9.17, 15) is 4.79 Å². The first-order valence-electron chi connectivity index (χ1n) is 7.49. The van der Waals surface area contributed by atoms with Crippen LogP contribution in [0.25, 0.3) is 0 Å². The highest BCUT2D eigenvalue weighted by Gasteiger charge is 2.03. The highest BCUT2D eigenvalue weighted by Crippen LogP contribution is 2.12. The molecule has 0 spiro atoms. The summed E-state index contributed by atoms with van der Waals surface area (Å²) in [5.74, 6) is -0.0271. The number of hydrogen-bond acceptors (Lipinski definition) is 2. The van der Waals surface area contributed by atoms with Gasteiger partial charge in [-0.1, -0.05) is 6.92 Å². The van der Waals surface area contributed by atoms with Crippen molar-refractivity contribution in [3.63, 3.8) is 0 Å². The van der Waals surface area contributed by atoms with E-state index in [1.165, 1.54) is 5.56 Å². The molecule has 0 fully saturated rings. The fourth-order valence-electron chi connectivity index (χ4n) is 2.20. The molecule has 0 aliphatic rings. The van der Waals surface area contributed by atoms with Gasteiger partial charge < -0.3 is 15.2 Å². The molecule has 21 heavy (non-hydrogen) atoms. The summed E-state index contributed by atoms with van der Waals surface area (Å²) < 4.78 is 2.20. The third-order valence-corrected chi connectivity index (χ3v) is 3.27. The Hall–Kier alpha value is -2.23. The molecule has 0 unspecified atom stereocenters. The predicted molar refractivity (Wildman–Crippen MR) is 86.5 cm³/mol. The average Bonchev–Trinajstić information content (AvgIpc) is 2.94. The van der Waals surface area contributed by atoms with Crippen molar-refractivity contribution in [2.75, 3.05) is 11.9 Å². The zero-order chi connectivity index (χ0) is 15.1. The van der Waals surface area contributed by atoms with Gasteiger partial charge in [0.05, 0.1) is 0 Å². The molecule has 0 saturated heterocycles. The minimum atomic E-state index is -0.0271. The summed E-state index contributed by atoms with van der Waals surface area (Å²) in [6.07, 6.45) is 5.42. The number of anilines is 1. The number of amides is 1. The van der Waals surface area contributed by atoms with E-state index >= 15 is 0 Å². The molecule has 2 N–H and O–H groups in total. The van der Waals surface area contributed by atoms with Crippen LogP contribution in [0.15, 0.2) is 42.7 Å². The summed E-state index contributed by atoms with van der Waals surface area (Å²) in [5.41, 5.74) is 2.97. The Balaban J connectivity index is 1.89. The Morgan fingerprint density at radius 1 is 1.14 bits per heavy atom. The highest BCUT2D eigenvalue weighted by molar-refractivity contribution is 5.94. The lowest BCUT2D eigenvalue weighted by atomic mass is 10.2. The van der Waals surface area contributed by atoms with Gasteiger partial charge >= 0.3 is 0 Å². The molecule has 0 aliphatic heterocycles. The molecule has 4 heteroatoms. The van der Waals surface area contributed by atoms with Gasteiger partial charge in [0, 0.05) is 43.3 Å². The van der Waals surface area contributed by atoms with Crippen LogP contribution < -0.4 is 10.6 Å². The maximum atomic E-state index is 11.7. The molecule has 0 atom stereocenters. The standard InChI is InChI=1S/C17H23N3O/c1-3-10-20-11-9-14(13-20)12-19-16-7-5-15(6-8-16)17(21)18-4-2/h5-9,11,13,19H,3-4,10,12H2,1-2H3,(H,18,21). The van der Waals surface area contributed by atoms with Crippen molar-refractivity contribution in [3.05, 3.63) is 53.9 Å². The zero-order valence-electron chi connectivity index (χ0n) is 12.7. The highest BCUT2D eigenvalue weighted by atomic mass is 16.1.